The molecule has 0 fully saturated rings. The molecule has 2 aromatic rings. The number of amides is 2. The number of carbonyl (C=O) groups excluding carboxylic acids is 1. The summed E-state index contributed by atoms with van der Waals surface area (Å²) in [6.45, 7) is 0. The van der Waals surface area contributed by atoms with Crippen molar-refractivity contribution in [1.29, 1.82) is 0 Å². The molecule has 0 radical (unpaired) electrons. The van der Waals surface area contributed by atoms with Crippen molar-refractivity contribution >= 4 is 52.6 Å². The second kappa shape index (κ2) is 8.45. The lowest BCUT2D eigenvalue weighted by Gasteiger charge is -2.24. The van der Waals surface area contributed by atoms with Crippen molar-refractivity contribution in [3.63, 3.8) is 0 Å². The van der Waals surface area contributed by atoms with Gasteiger partial charge in [0.05, 0.1) is 24.0 Å². The number of benzene rings is 2. The van der Waals surface area contributed by atoms with E-state index in [2.05, 4.69) is 4.72 Å². The Kier molecular flexibility index (Phi) is 6.72. The first-order chi connectivity index (χ1) is 12.5. The Morgan fingerprint density at radius 2 is 1.70 bits per heavy atom. The normalized spacial score (nSPS) is 11.8. The fraction of sp³-hybridized carbons (Fsp3) is 0.188. The van der Waals surface area contributed by atoms with Gasteiger partial charge in [0.2, 0.25) is 0 Å². The van der Waals surface area contributed by atoms with E-state index < -0.39 is 21.7 Å². The van der Waals surface area contributed by atoms with Gasteiger partial charge in [0.1, 0.15) is 5.75 Å². The molecule has 2 amide bonds. The van der Waals surface area contributed by atoms with E-state index in [0.29, 0.717) is 5.75 Å². The fourth-order valence-corrected chi connectivity index (χ4v) is 2.61. The van der Waals surface area contributed by atoms with Gasteiger partial charge < -0.3 is 4.74 Å². The van der Waals surface area contributed by atoms with Crippen molar-refractivity contribution in [2.75, 3.05) is 12.0 Å². The van der Waals surface area contributed by atoms with Crippen LogP contribution in [0.1, 0.15) is 5.56 Å². The van der Waals surface area contributed by atoms with Crippen LogP contribution in [0.3, 0.4) is 0 Å². The zero-order valence-corrected chi connectivity index (χ0v) is 15.9. The molecule has 11 heteroatoms. The van der Waals surface area contributed by atoms with E-state index in [4.69, 9.17) is 27.9 Å². The molecule has 146 valence electrons. The van der Waals surface area contributed by atoms with Gasteiger partial charge in [-0.05, 0) is 42.5 Å². The molecule has 0 saturated carbocycles. The summed E-state index contributed by atoms with van der Waals surface area (Å²) < 4.78 is 56.5. The monoisotopic (exact) mass is 442 g/mol. The zero-order valence-electron chi connectivity index (χ0n) is 13.6. The number of rotatable bonds is 5. The molecule has 0 saturated heterocycles. The molecular formula is C16H12Cl2F4N2O2S. The Labute approximate surface area is 166 Å². The van der Waals surface area contributed by atoms with Crippen molar-refractivity contribution in [2.24, 2.45) is 0 Å². The first kappa shape index (κ1) is 21.5. The molecule has 0 aliphatic heterocycles. The van der Waals surface area contributed by atoms with Gasteiger partial charge in [0.25, 0.3) is 0 Å². The molecule has 0 aliphatic rings. The highest BCUT2D eigenvalue weighted by Crippen LogP contribution is 2.36. The molecular weight excluding hydrogens is 431 g/mol. The fourth-order valence-electron chi connectivity index (χ4n) is 2.08. The number of nitrogens with one attached hydrogen (secondary N) is 1. The van der Waals surface area contributed by atoms with Gasteiger partial charge >= 0.3 is 16.1 Å². The number of halogens is 6. The van der Waals surface area contributed by atoms with Gasteiger partial charge in [-0.25, -0.2) is 4.79 Å². The molecule has 0 unspecified atom stereocenters. The van der Waals surface area contributed by atoms with Gasteiger partial charge in [-0.15, -0.1) is 0 Å². The Morgan fingerprint density at radius 3 is 2.22 bits per heavy atom. The lowest BCUT2D eigenvalue weighted by atomic mass is 10.1. The van der Waals surface area contributed by atoms with E-state index in [9.17, 15) is 22.4 Å². The van der Waals surface area contributed by atoms with Crippen molar-refractivity contribution in [3.05, 3.63) is 54.1 Å². The number of hydrogen-bond donors (Lipinski definition) is 1. The maximum Gasteiger partial charge on any atom is 0.416 e. The number of methoxy groups -OCH3 is 1. The largest absolute Gasteiger partial charge is 0.497 e. The summed E-state index contributed by atoms with van der Waals surface area (Å²) in [5.74, 6) is 0.474. The number of nitrogens with zero attached hydrogens (tertiary/aromatic N) is 1. The van der Waals surface area contributed by atoms with Gasteiger partial charge in [0, 0.05) is 11.9 Å². The van der Waals surface area contributed by atoms with Crippen LogP contribution in [0.2, 0.25) is 0 Å². The van der Waals surface area contributed by atoms with E-state index in [1.165, 1.54) is 37.4 Å². The highest BCUT2D eigenvalue weighted by Gasteiger charge is 2.32. The predicted octanol–water partition coefficient (Wildman–Crippen LogP) is 6.27. The maximum absolute atomic E-state index is 13.2. The van der Waals surface area contributed by atoms with Crippen LogP contribution in [-0.4, -0.2) is 17.1 Å². The minimum absolute atomic E-state index is 0.0528. The second-order valence-corrected chi connectivity index (χ2v) is 7.69. The van der Waals surface area contributed by atoms with E-state index in [1.54, 1.807) is 0 Å². The minimum Gasteiger partial charge on any atom is -0.497 e. The topological polar surface area (TPSA) is 41.6 Å². The van der Waals surface area contributed by atoms with Crippen LogP contribution in [0.5, 0.6) is 5.75 Å². The lowest BCUT2D eigenvalue weighted by Crippen LogP contribution is -2.34. The first-order valence-corrected chi connectivity index (χ1v) is 8.74. The van der Waals surface area contributed by atoms with Crippen LogP contribution >= 0.6 is 35.1 Å². The van der Waals surface area contributed by atoms with Gasteiger partial charge in [-0.3, -0.25) is 9.62 Å². The van der Waals surface area contributed by atoms with Crippen molar-refractivity contribution in [2.45, 2.75) is 10.1 Å². The molecule has 27 heavy (non-hydrogen) atoms. The average molecular weight is 443 g/mol. The summed E-state index contributed by atoms with van der Waals surface area (Å²) in [5.41, 5.74) is -0.836. The number of urea groups is 1. The standard InChI is InChI=1S/C16H12Cl2F4N2O2S/c1-26-13-7-5-11(6-8-13)24(14(25)23-27-16(17,18)22)12-4-2-3-10(9-12)15(19,20)21/h2-9H,1H3,(H,23,25). The Hall–Kier alpha value is -1.84. The second-order valence-electron chi connectivity index (χ2n) is 5.04. The smallest absolute Gasteiger partial charge is 0.416 e. The third kappa shape index (κ3) is 6.08. The molecule has 0 bridgehead atoms. The summed E-state index contributed by atoms with van der Waals surface area (Å²) >= 11 is 10.4. The summed E-state index contributed by atoms with van der Waals surface area (Å²) in [7, 11) is 1.44. The predicted molar refractivity (Wildman–Crippen MR) is 98.2 cm³/mol. The maximum atomic E-state index is 13.2. The molecule has 0 heterocycles. The quantitative estimate of drug-likeness (QED) is 0.337. The SMILES string of the molecule is COc1ccc(N(C(=O)NSC(F)(Cl)Cl)c2cccc(C(F)(F)F)c2)cc1. The molecule has 2 rings (SSSR count). The highest BCUT2D eigenvalue weighted by molar-refractivity contribution is 8.01. The van der Waals surface area contributed by atoms with Crippen LogP contribution in [0, 0.1) is 0 Å². The number of ether oxygens (including phenoxy) is 1. The number of anilines is 2. The summed E-state index contributed by atoms with van der Waals surface area (Å²) in [6.07, 6.45) is -4.60. The third-order valence-corrected chi connectivity index (χ3v) is 4.19. The summed E-state index contributed by atoms with van der Waals surface area (Å²) in [5, 5.41) is 0. The number of carbonyl (C=O) groups is 1. The Balaban J connectivity index is 2.44. The van der Waals surface area contributed by atoms with Gasteiger partial charge in [-0.1, -0.05) is 29.3 Å². The minimum atomic E-state index is -4.60. The molecule has 0 spiro atoms. The van der Waals surface area contributed by atoms with Crippen LogP contribution in [0.25, 0.3) is 0 Å². The number of alkyl halides is 6. The molecule has 0 aliphatic carbocycles. The van der Waals surface area contributed by atoms with Gasteiger partial charge in [-0.2, -0.15) is 17.6 Å². The van der Waals surface area contributed by atoms with Crippen LogP contribution in [0.4, 0.5) is 33.7 Å². The van der Waals surface area contributed by atoms with Crippen molar-refractivity contribution in [1.82, 2.24) is 4.72 Å². The molecule has 0 atom stereocenters. The first-order valence-electron chi connectivity index (χ1n) is 7.17. The van der Waals surface area contributed by atoms with Crippen molar-refractivity contribution < 1.29 is 27.1 Å². The molecule has 1 N–H and O–H groups in total. The average Bonchev–Trinajstić information content (AvgIpc) is 2.60. The molecule has 2 aromatic carbocycles. The van der Waals surface area contributed by atoms with E-state index in [1.807, 2.05) is 0 Å². The van der Waals surface area contributed by atoms with E-state index >= 15 is 0 Å². The van der Waals surface area contributed by atoms with Crippen molar-refractivity contribution in [3.8, 4) is 5.75 Å². The van der Waals surface area contributed by atoms with Gasteiger partial charge in [0.15, 0.2) is 0 Å². The summed E-state index contributed by atoms with van der Waals surface area (Å²) in [4.78, 5) is 13.4. The van der Waals surface area contributed by atoms with Crippen LogP contribution in [-0.2, 0) is 6.18 Å². The van der Waals surface area contributed by atoms with Crippen LogP contribution in [0.15, 0.2) is 48.5 Å². The Bertz CT molecular complexity index is 798. The third-order valence-electron chi connectivity index (χ3n) is 3.22. The number of hydrogen-bond acceptors (Lipinski definition) is 3. The summed E-state index contributed by atoms with van der Waals surface area (Å²) in [6, 6.07) is 9.09. The lowest BCUT2D eigenvalue weighted by molar-refractivity contribution is -0.137. The zero-order chi connectivity index (χ0) is 20.2. The Morgan fingerprint density at radius 1 is 1.07 bits per heavy atom. The molecule has 4 nitrogen and oxygen atoms in total. The molecule has 0 aromatic heterocycles. The van der Waals surface area contributed by atoms with E-state index in [-0.39, 0.29) is 23.3 Å². The van der Waals surface area contributed by atoms with Crippen LogP contribution < -0.4 is 14.4 Å². The highest BCUT2D eigenvalue weighted by atomic mass is 35.5. The van der Waals surface area contributed by atoms with E-state index in [0.717, 1.165) is 23.1 Å².